The first kappa shape index (κ1) is 10.6. The number of nitrogens with zero attached hydrogens (tertiary/aromatic N) is 2. The fraction of sp³-hybridized carbons (Fsp3) is 0.417. The Morgan fingerprint density at radius 3 is 2.81 bits per heavy atom. The van der Waals surface area contributed by atoms with E-state index in [9.17, 15) is 4.79 Å². The summed E-state index contributed by atoms with van der Waals surface area (Å²) in [5.41, 5.74) is 0.841. The van der Waals surface area contributed by atoms with Gasteiger partial charge < -0.3 is 5.32 Å². The van der Waals surface area contributed by atoms with Crippen LogP contribution in [0.5, 0.6) is 0 Å². The first-order valence-corrected chi connectivity index (χ1v) is 5.31. The van der Waals surface area contributed by atoms with Crippen molar-refractivity contribution in [1.82, 2.24) is 4.98 Å². The van der Waals surface area contributed by atoms with E-state index in [1.807, 2.05) is 13.0 Å². The Balaban J connectivity index is 2.11. The Bertz CT molecular complexity index is 458. The average molecular weight is 215 g/mol. The molecule has 0 aromatic carbocycles. The molecule has 4 heteroatoms. The number of amides is 1. The summed E-state index contributed by atoms with van der Waals surface area (Å²) >= 11 is 0. The van der Waals surface area contributed by atoms with E-state index in [1.54, 1.807) is 12.4 Å². The second kappa shape index (κ2) is 3.93. The molecule has 0 spiro atoms. The summed E-state index contributed by atoms with van der Waals surface area (Å²) < 4.78 is 0. The highest BCUT2D eigenvalue weighted by molar-refractivity contribution is 5.97. The van der Waals surface area contributed by atoms with Crippen molar-refractivity contribution in [3.63, 3.8) is 0 Å². The standard InChI is InChI=1S/C12H13N3O/c1-9-5-10(7-14-6-9)15-11(16)12(8-13)3-2-4-12/h5-7H,2-4H2,1H3,(H,15,16). The second-order valence-corrected chi connectivity index (χ2v) is 4.25. The minimum absolute atomic E-state index is 0.200. The number of aromatic nitrogens is 1. The molecule has 0 atom stereocenters. The molecule has 0 bridgehead atoms. The number of aryl methyl sites for hydroxylation is 1. The van der Waals surface area contributed by atoms with Crippen molar-refractivity contribution < 1.29 is 4.79 Å². The van der Waals surface area contributed by atoms with Crippen LogP contribution in [0.25, 0.3) is 0 Å². The van der Waals surface area contributed by atoms with Crippen LogP contribution in [0.4, 0.5) is 5.69 Å². The van der Waals surface area contributed by atoms with Crippen LogP contribution in [0.3, 0.4) is 0 Å². The third-order valence-corrected chi connectivity index (χ3v) is 2.99. The quantitative estimate of drug-likeness (QED) is 0.820. The van der Waals surface area contributed by atoms with Crippen molar-refractivity contribution in [3.05, 3.63) is 24.0 Å². The maximum absolute atomic E-state index is 11.9. The van der Waals surface area contributed by atoms with Crippen LogP contribution < -0.4 is 5.32 Å². The number of carbonyl (C=O) groups excluding carboxylic acids is 1. The zero-order valence-corrected chi connectivity index (χ0v) is 9.16. The van der Waals surface area contributed by atoms with Gasteiger partial charge in [0, 0.05) is 6.20 Å². The molecule has 0 unspecified atom stereocenters. The Kier molecular flexibility index (Phi) is 2.61. The van der Waals surface area contributed by atoms with Crippen LogP contribution in [-0.2, 0) is 4.79 Å². The number of pyridine rings is 1. The first-order valence-electron chi connectivity index (χ1n) is 5.31. The van der Waals surface area contributed by atoms with Crippen LogP contribution in [0.2, 0.25) is 0 Å². The zero-order valence-electron chi connectivity index (χ0n) is 9.16. The minimum atomic E-state index is -0.802. The van der Waals surface area contributed by atoms with Crippen LogP contribution in [-0.4, -0.2) is 10.9 Å². The molecule has 4 nitrogen and oxygen atoms in total. The van der Waals surface area contributed by atoms with Gasteiger partial charge in [-0.3, -0.25) is 9.78 Å². The summed E-state index contributed by atoms with van der Waals surface area (Å²) in [7, 11) is 0. The topological polar surface area (TPSA) is 65.8 Å². The molecule has 1 aliphatic rings. The molecule has 0 aliphatic heterocycles. The number of hydrogen-bond donors (Lipinski definition) is 1. The molecule has 1 aromatic heterocycles. The lowest BCUT2D eigenvalue weighted by Gasteiger charge is -2.33. The maximum Gasteiger partial charge on any atom is 0.244 e. The molecule has 1 fully saturated rings. The smallest absolute Gasteiger partial charge is 0.244 e. The molecule has 82 valence electrons. The number of nitriles is 1. The van der Waals surface area contributed by atoms with Crippen LogP contribution in [0, 0.1) is 23.7 Å². The van der Waals surface area contributed by atoms with Gasteiger partial charge in [-0.2, -0.15) is 5.26 Å². The van der Waals surface area contributed by atoms with Gasteiger partial charge in [0.05, 0.1) is 18.0 Å². The van der Waals surface area contributed by atoms with Gasteiger partial charge in [0.15, 0.2) is 0 Å². The summed E-state index contributed by atoms with van der Waals surface area (Å²) in [5.74, 6) is -0.200. The number of carbonyl (C=O) groups is 1. The monoisotopic (exact) mass is 215 g/mol. The predicted molar refractivity (Wildman–Crippen MR) is 59.5 cm³/mol. The summed E-state index contributed by atoms with van der Waals surface area (Å²) in [6, 6.07) is 3.96. The van der Waals surface area contributed by atoms with Gasteiger partial charge in [-0.1, -0.05) is 0 Å². The molecule has 1 amide bonds. The van der Waals surface area contributed by atoms with Crippen molar-refractivity contribution >= 4 is 11.6 Å². The van der Waals surface area contributed by atoms with Gasteiger partial charge in [0.1, 0.15) is 5.41 Å². The zero-order chi connectivity index (χ0) is 11.6. The summed E-state index contributed by atoms with van der Waals surface area (Å²) in [5, 5.41) is 11.8. The van der Waals surface area contributed by atoms with E-state index in [2.05, 4.69) is 16.4 Å². The second-order valence-electron chi connectivity index (χ2n) is 4.25. The highest BCUT2D eigenvalue weighted by atomic mass is 16.2. The fourth-order valence-electron chi connectivity index (χ4n) is 1.79. The van der Waals surface area contributed by atoms with Crippen LogP contribution in [0.1, 0.15) is 24.8 Å². The van der Waals surface area contributed by atoms with Crippen LogP contribution in [0.15, 0.2) is 18.5 Å². The molecule has 1 aromatic rings. The molecule has 2 rings (SSSR count). The van der Waals surface area contributed by atoms with Gasteiger partial charge in [0.25, 0.3) is 0 Å². The highest BCUT2D eigenvalue weighted by Crippen LogP contribution is 2.41. The lowest BCUT2D eigenvalue weighted by atomic mass is 9.69. The van der Waals surface area contributed by atoms with E-state index in [0.29, 0.717) is 18.5 Å². The van der Waals surface area contributed by atoms with Crippen molar-refractivity contribution in [2.75, 3.05) is 5.32 Å². The van der Waals surface area contributed by atoms with Crippen molar-refractivity contribution in [2.24, 2.45) is 5.41 Å². The van der Waals surface area contributed by atoms with E-state index in [1.165, 1.54) is 0 Å². The van der Waals surface area contributed by atoms with Crippen molar-refractivity contribution in [3.8, 4) is 6.07 Å². The van der Waals surface area contributed by atoms with Gasteiger partial charge in [-0.25, -0.2) is 0 Å². The Labute approximate surface area is 94.3 Å². The normalized spacial score (nSPS) is 17.0. The SMILES string of the molecule is Cc1cncc(NC(=O)C2(C#N)CCC2)c1. The largest absolute Gasteiger partial charge is 0.323 e. The number of hydrogen-bond acceptors (Lipinski definition) is 3. The van der Waals surface area contributed by atoms with Gasteiger partial charge in [0.2, 0.25) is 5.91 Å². The van der Waals surface area contributed by atoms with Crippen molar-refractivity contribution in [1.29, 1.82) is 5.26 Å². The Hall–Kier alpha value is -1.89. The minimum Gasteiger partial charge on any atom is -0.323 e. The Morgan fingerprint density at radius 1 is 1.56 bits per heavy atom. The maximum atomic E-state index is 11.9. The van der Waals surface area contributed by atoms with Crippen LogP contribution >= 0.6 is 0 Å². The first-order chi connectivity index (χ1) is 7.66. The molecule has 1 saturated carbocycles. The highest BCUT2D eigenvalue weighted by Gasteiger charge is 2.44. The molecule has 16 heavy (non-hydrogen) atoms. The van der Waals surface area contributed by atoms with Crippen molar-refractivity contribution in [2.45, 2.75) is 26.2 Å². The molecule has 1 aliphatic carbocycles. The molecule has 1 heterocycles. The lowest BCUT2D eigenvalue weighted by Crippen LogP contribution is -2.40. The third kappa shape index (κ3) is 1.76. The van der Waals surface area contributed by atoms with E-state index in [-0.39, 0.29) is 5.91 Å². The van der Waals surface area contributed by atoms with E-state index < -0.39 is 5.41 Å². The molecule has 0 saturated heterocycles. The summed E-state index contributed by atoms with van der Waals surface area (Å²) in [6.07, 6.45) is 5.59. The molecule has 0 radical (unpaired) electrons. The Morgan fingerprint density at radius 2 is 2.31 bits per heavy atom. The van der Waals surface area contributed by atoms with Gasteiger partial charge in [-0.15, -0.1) is 0 Å². The molecular formula is C12H13N3O. The molecule has 1 N–H and O–H groups in total. The lowest BCUT2D eigenvalue weighted by molar-refractivity contribution is -0.126. The summed E-state index contributed by atoms with van der Waals surface area (Å²) in [4.78, 5) is 15.9. The number of rotatable bonds is 2. The van der Waals surface area contributed by atoms with E-state index in [4.69, 9.17) is 5.26 Å². The average Bonchev–Trinajstić information content (AvgIpc) is 2.16. The van der Waals surface area contributed by atoms with Gasteiger partial charge in [-0.05, 0) is 37.8 Å². The number of nitrogens with one attached hydrogen (secondary N) is 1. The van der Waals surface area contributed by atoms with E-state index in [0.717, 1.165) is 12.0 Å². The third-order valence-electron chi connectivity index (χ3n) is 2.99. The molecular weight excluding hydrogens is 202 g/mol. The predicted octanol–water partition coefficient (Wildman–Crippen LogP) is 2.02. The fourth-order valence-corrected chi connectivity index (χ4v) is 1.79. The van der Waals surface area contributed by atoms with Gasteiger partial charge >= 0.3 is 0 Å². The summed E-state index contributed by atoms with van der Waals surface area (Å²) in [6.45, 7) is 1.91. The number of anilines is 1. The van der Waals surface area contributed by atoms with E-state index >= 15 is 0 Å².